The first-order chi connectivity index (χ1) is 8.83. The van der Waals surface area contributed by atoms with Crippen molar-refractivity contribution < 1.29 is 4.42 Å². The summed E-state index contributed by atoms with van der Waals surface area (Å²) in [6.07, 6.45) is 1.72. The fraction of sp³-hybridized carbons (Fsp3) is 0. The maximum Gasteiger partial charge on any atom is 0.226 e. The van der Waals surface area contributed by atoms with Gasteiger partial charge in [-0.25, -0.2) is 4.98 Å². The topological polar surface area (TPSA) is 26.0 Å². The second-order valence-corrected chi connectivity index (χ2v) is 4.34. The Balaban J connectivity index is 2.00. The molecule has 0 amide bonds. The molecule has 1 aromatic heterocycles. The minimum Gasteiger partial charge on any atom is -0.436 e. The van der Waals surface area contributed by atoms with E-state index in [0.29, 0.717) is 10.9 Å². The lowest BCUT2D eigenvalue weighted by atomic mass is 10.2. The summed E-state index contributed by atoms with van der Waals surface area (Å²) in [6.45, 7) is 0. The van der Waals surface area contributed by atoms with Gasteiger partial charge in [0.15, 0.2) is 5.76 Å². The Kier molecular flexibility index (Phi) is 2.87. The lowest BCUT2D eigenvalue weighted by Gasteiger charge is -1.97. The van der Waals surface area contributed by atoms with E-state index < -0.39 is 0 Å². The molecule has 0 N–H and O–H groups in total. The summed E-state index contributed by atoms with van der Waals surface area (Å²) in [7, 11) is 0. The molecule has 0 spiro atoms. The summed E-state index contributed by atoms with van der Waals surface area (Å²) in [6, 6.07) is 17.3. The van der Waals surface area contributed by atoms with Crippen molar-refractivity contribution in [3.63, 3.8) is 0 Å². The molecule has 0 bridgehead atoms. The van der Waals surface area contributed by atoms with E-state index in [1.807, 2.05) is 54.6 Å². The van der Waals surface area contributed by atoms with Crippen molar-refractivity contribution in [3.8, 4) is 22.8 Å². The minimum atomic E-state index is 0.616. The molecule has 1 heterocycles. The van der Waals surface area contributed by atoms with Crippen LogP contribution in [-0.2, 0) is 0 Å². The van der Waals surface area contributed by atoms with E-state index in [-0.39, 0.29) is 0 Å². The molecule has 0 atom stereocenters. The lowest BCUT2D eigenvalue weighted by Crippen LogP contribution is -1.74. The van der Waals surface area contributed by atoms with Gasteiger partial charge < -0.3 is 4.42 Å². The van der Waals surface area contributed by atoms with Crippen molar-refractivity contribution in [1.82, 2.24) is 4.98 Å². The Bertz CT molecular complexity index is 661. The van der Waals surface area contributed by atoms with E-state index >= 15 is 0 Å². The molecular weight excluding hydrogens is 246 g/mol. The van der Waals surface area contributed by atoms with Gasteiger partial charge in [0.25, 0.3) is 0 Å². The van der Waals surface area contributed by atoms with E-state index in [0.717, 1.165) is 16.9 Å². The lowest BCUT2D eigenvalue weighted by molar-refractivity contribution is 0.589. The molecular formula is C15H10ClNO. The Morgan fingerprint density at radius 3 is 2.44 bits per heavy atom. The molecule has 0 saturated heterocycles. The van der Waals surface area contributed by atoms with E-state index in [1.165, 1.54) is 0 Å². The maximum atomic E-state index is 5.96. The van der Waals surface area contributed by atoms with Gasteiger partial charge in [0.2, 0.25) is 5.89 Å². The fourth-order valence-corrected chi connectivity index (χ4v) is 1.95. The summed E-state index contributed by atoms with van der Waals surface area (Å²) >= 11 is 5.96. The highest BCUT2D eigenvalue weighted by atomic mass is 35.5. The van der Waals surface area contributed by atoms with Crippen molar-refractivity contribution in [1.29, 1.82) is 0 Å². The van der Waals surface area contributed by atoms with Crippen molar-refractivity contribution in [2.24, 2.45) is 0 Å². The highest BCUT2D eigenvalue weighted by Crippen LogP contribution is 2.27. The number of oxazole rings is 1. The summed E-state index contributed by atoms with van der Waals surface area (Å²) in [5.41, 5.74) is 1.89. The molecule has 0 unspecified atom stereocenters. The minimum absolute atomic E-state index is 0.616. The first kappa shape index (κ1) is 11.1. The van der Waals surface area contributed by atoms with Gasteiger partial charge in [-0.1, -0.05) is 41.9 Å². The number of hydrogen-bond donors (Lipinski definition) is 0. The van der Waals surface area contributed by atoms with Crippen molar-refractivity contribution in [2.45, 2.75) is 0 Å². The Morgan fingerprint density at radius 1 is 0.889 bits per heavy atom. The second kappa shape index (κ2) is 4.67. The van der Waals surface area contributed by atoms with E-state index in [1.54, 1.807) is 6.20 Å². The quantitative estimate of drug-likeness (QED) is 0.665. The van der Waals surface area contributed by atoms with Crippen LogP contribution in [0.3, 0.4) is 0 Å². The molecule has 0 aliphatic heterocycles. The summed E-state index contributed by atoms with van der Waals surface area (Å²) < 4.78 is 5.74. The second-order valence-electron chi connectivity index (χ2n) is 3.91. The molecule has 3 rings (SSSR count). The monoisotopic (exact) mass is 255 g/mol. The van der Waals surface area contributed by atoms with Crippen LogP contribution in [0.4, 0.5) is 0 Å². The number of rotatable bonds is 2. The molecule has 0 aliphatic rings. The molecule has 3 aromatic rings. The fourth-order valence-electron chi connectivity index (χ4n) is 1.76. The van der Waals surface area contributed by atoms with Crippen LogP contribution in [0.2, 0.25) is 5.02 Å². The van der Waals surface area contributed by atoms with Gasteiger partial charge >= 0.3 is 0 Å². The summed E-state index contributed by atoms with van der Waals surface area (Å²) in [4.78, 5) is 4.28. The van der Waals surface area contributed by atoms with Gasteiger partial charge in [0.05, 0.1) is 6.20 Å². The number of aromatic nitrogens is 1. The predicted octanol–water partition coefficient (Wildman–Crippen LogP) is 4.66. The third-order valence-electron chi connectivity index (χ3n) is 2.64. The third-order valence-corrected chi connectivity index (χ3v) is 2.87. The molecule has 0 fully saturated rings. The first-order valence-electron chi connectivity index (χ1n) is 5.60. The van der Waals surface area contributed by atoms with Crippen LogP contribution < -0.4 is 0 Å². The summed E-state index contributed by atoms with van der Waals surface area (Å²) in [5, 5.41) is 0.685. The predicted molar refractivity (Wildman–Crippen MR) is 72.4 cm³/mol. The van der Waals surface area contributed by atoms with Gasteiger partial charge in [0, 0.05) is 16.1 Å². The third kappa shape index (κ3) is 2.15. The van der Waals surface area contributed by atoms with Crippen LogP contribution >= 0.6 is 11.6 Å². The standard InChI is InChI=1S/C15H10ClNO/c16-13-8-4-7-12(9-13)14-10-17-15(18-14)11-5-2-1-3-6-11/h1-10H. The largest absolute Gasteiger partial charge is 0.436 e. The zero-order valence-corrected chi connectivity index (χ0v) is 10.3. The molecule has 2 aromatic carbocycles. The Hall–Kier alpha value is -2.06. The van der Waals surface area contributed by atoms with Gasteiger partial charge in [-0.3, -0.25) is 0 Å². The molecule has 88 valence electrons. The van der Waals surface area contributed by atoms with E-state index in [4.69, 9.17) is 16.0 Å². The zero-order chi connectivity index (χ0) is 12.4. The van der Waals surface area contributed by atoms with Crippen molar-refractivity contribution >= 4 is 11.6 Å². The molecule has 18 heavy (non-hydrogen) atoms. The average Bonchev–Trinajstić information content (AvgIpc) is 2.89. The molecule has 3 heteroatoms. The first-order valence-corrected chi connectivity index (χ1v) is 5.98. The molecule has 2 nitrogen and oxygen atoms in total. The molecule has 0 saturated carbocycles. The van der Waals surface area contributed by atoms with Crippen LogP contribution in [-0.4, -0.2) is 4.98 Å². The summed E-state index contributed by atoms with van der Waals surface area (Å²) in [5.74, 6) is 1.34. The van der Waals surface area contributed by atoms with Crippen LogP contribution in [0, 0.1) is 0 Å². The van der Waals surface area contributed by atoms with Crippen molar-refractivity contribution in [2.75, 3.05) is 0 Å². The van der Waals surface area contributed by atoms with Gasteiger partial charge in [-0.15, -0.1) is 0 Å². The number of nitrogens with zero attached hydrogens (tertiary/aromatic N) is 1. The van der Waals surface area contributed by atoms with E-state index in [2.05, 4.69) is 4.98 Å². The smallest absolute Gasteiger partial charge is 0.226 e. The van der Waals surface area contributed by atoms with Crippen LogP contribution in [0.25, 0.3) is 22.8 Å². The van der Waals surface area contributed by atoms with E-state index in [9.17, 15) is 0 Å². The van der Waals surface area contributed by atoms with Gasteiger partial charge in [-0.2, -0.15) is 0 Å². The van der Waals surface area contributed by atoms with Crippen LogP contribution in [0.5, 0.6) is 0 Å². The average molecular weight is 256 g/mol. The molecule has 0 aliphatic carbocycles. The highest BCUT2D eigenvalue weighted by molar-refractivity contribution is 6.30. The zero-order valence-electron chi connectivity index (χ0n) is 9.51. The Morgan fingerprint density at radius 2 is 1.67 bits per heavy atom. The van der Waals surface area contributed by atoms with Crippen LogP contribution in [0.15, 0.2) is 65.2 Å². The SMILES string of the molecule is Clc1cccc(-c2cnc(-c3ccccc3)o2)c1. The highest BCUT2D eigenvalue weighted by Gasteiger charge is 2.08. The van der Waals surface area contributed by atoms with Gasteiger partial charge in [-0.05, 0) is 24.3 Å². The van der Waals surface area contributed by atoms with Crippen LogP contribution in [0.1, 0.15) is 0 Å². The normalized spacial score (nSPS) is 10.5. The molecule has 0 radical (unpaired) electrons. The van der Waals surface area contributed by atoms with Gasteiger partial charge in [0.1, 0.15) is 0 Å². The van der Waals surface area contributed by atoms with Crippen molar-refractivity contribution in [3.05, 3.63) is 65.8 Å². The maximum absolute atomic E-state index is 5.96. The Labute approximate surface area is 110 Å². The number of halogens is 1. The number of benzene rings is 2. The number of hydrogen-bond acceptors (Lipinski definition) is 2.